The number of ether oxygens (including phenoxy) is 1. The zero-order chi connectivity index (χ0) is 20.3. The maximum Gasteiger partial charge on any atom is 0.348 e. The summed E-state index contributed by atoms with van der Waals surface area (Å²) in [7, 11) is 3.46. The van der Waals surface area contributed by atoms with E-state index in [0.29, 0.717) is 43.1 Å². The van der Waals surface area contributed by atoms with Gasteiger partial charge in [-0.2, -0.15) is 0 Å². The van der Waals surface area contributed by atoms with Crippen LogP contribution in [0.15, 0.2) is 24.3 Å². The fourth-order valence-electron chi connectivity index (χ4n) is 3.28. The summed E-state index contributed by atoms with van der Waals surface area (Å²) in [5.41, 5.74) is 0.706. The molecule has 150 valence electrons. The van der Waals surface area contributed by atoms with Gasteiger partial charge in [-0.15, -0.1) is 11.3 Å². The van der Waals surface area contributed by atoms with E-state index in [9.17, 15) is 14.4 Å². The highest BCUT2D eigenvalue weighted by atomic mass is 32.1. The largest absolute Gasteiger partial charge is 0.462 e. The van der Waals surface area contributed by atoms with Gasteiger partial charge in [-0.25, -0.2) is 9.59 Å². The number of urea groups is 1. The topological polar surface area (TPSA) is 79.0 Å². The number of anilines is 1. The monoisotopic (exact) mass is 403 g/mol. The lowest BCUT2D eigenvalue weighted by Gasteiger charge is -2.33. The number of piperidine rings is 1. The first-order valence-corrected chi connectivity index (χ1v) is 10.2. The van der Waals surface area contributed by atoms with Crippen LogP contribution in [0.4, 0.5) is 10.5 Å². The van der Waals surface area contributed by atoms with Gasteiger partial charge in [0.1, 0.15) is 4.88 Å². The first kappa shape index (κ1) is 20.1. The van der Waals surface area contributed by atoms with Crippen molar-refractivity contribution in [1.29, 1.82) is 0 Å². The van der Waals surface area contributed by atoms with Gasteiger partial charge in [0, 0.05) is 43.5 Å². The fourth-order valence-corrected chi connectivity index (χ4v) is 4.22. The average molecular weight is 404 g/mol. The van der Waals surface area contributed by atoms with Crippen molar-refractivity contribution in [2.75, 3.05) is 39.1 Å². The Kier molecular flexibility index (Phi) is 6.18. The number of esters is 1. The quantitative estimate of drug-likeness (QED) is 0.794. The number of nitrogens with one attached hydrogen (secondary N) is 1. The number of carbonyl (C=O) groups is 3. The van der Waals surface area contributed by atoms with Crippen LogP contribution >= 0.6 is 11.3 Å². The van der Waals surface area contributed by atoms with Crippen LogP contribution in [0.2, 0.25) is 0 Å². The lowest BCUT2D eigenvalue weighted by molar-refractivity contribution is -0.121. The first-order valence-electron chi connectivity index (χ1n) is 9.37. The highest BCUT2D eigenvalue weighted by Gasteiger charge is 2.28. The van der Waals surface area contributed by atoms with Gasteiger partial charge >= 0.3 is 12.0 Å². The number of amides is 3. The lowest BCUT2D eigenvalue weighted by Crippen LogP contribution is -2.45. The third-order valence-electron chi connectivity index (χ3n) is 4.78. The standard InChI is InChI=1S/C20H25N3O4S/c1-4-27-19(25)17-12-14-11-15(5-6-16(14)28-17)21-18(24)13-7-9-23(10-8-13)20(26)22(2)3/h5-6,11-13H,4,7-10H2,1-3H3,(H,21,24). The number of fused-ring (bicyclic) bond motifs is 1. The van der Waals surface area contributed by atoms with Crippen LogP contribution in [0.25, 0.3) is 10.1 Å². The van der Waals surface area contributed by atoms with Gasteiger partial charge in [-0.05, 0) is 49.4 Å². The molecule has 7 nitrogen and oxygen atoms in total. The number of likely N-dealkylation sites (tertiary alicyclic amines) is 1. The summed E-state index contributed by atoms with van der Waals surface area (Å²) < 4.78 is 6.01. The molecule has 0 unspecified atom stereocenters. The van der Waals surface area contributed by atoms with Gasteiger partial charge in [0.2, 0.25) is 5.91 Å². The molecule has 3 amide bonds. The summed E-state index contributed by atoms with van der Waals surface area (Å²) in [6.07, 6.45) is 1.30. The summed E-state index contributed by atoms with van der Waals surface area (Å²) in [4.78, 5) is 40.4. The third kappa shape index (κ3) is 4.44. The molecule has 1 aliphatic heterocycles. The van der Waals surface area contributed by atoms with Crippen molar-refractivity contribution in [3.05, 3.63) is 29.1 Å². The molecule has 0 atom stereocenters. The number of rotatable bonds is 4. The second kappa shape index (κ2) is 8.60. The Labute approximate surface area is 168 Å². The average Bonchev–Trinajstić information content (AvgIpc) is 3.11. The van der Waals surface area contributed by atoms with Crippen molar-refractivity contribution in [2.24, 2.45) is 5.92 Å². The van der Waals surface area contributed by atoms with Crippen LogP contribution in [-0.4, -0.2) is 61.5 Å². The molecule has 0 spiro atoms. The molecule has 1 fully saturated rings. The van der Waals surface area contributed by atoms with Crippen LogP contribution in [0.1, 0.15) is 29.4 Å². The van der Waals surface area contributed by atoms with Crippen LogP contribution < -0.4 is 5.32 Å². The fraction of sp³-hybridized carbons (Fsp3) is 0.450. The molecule has 2 heterocycles. The molecule has 0 radical (unpaired) electrons. The maximum absolute atomic E-state index is 12.6. The van der Waals surface area contributed by atoms with E-state index >= 15 is 0 Å². The SMILES string of the molecule is CCOC(=O)c1cc2cc(NC(=O)C3CCN(C(=O)N(C)C)CC3)ccc2s1. The van der Waals surface area contributed by atoms with Crippen LogP contribution in [0, 0.1) is 5.92 Å². The molecule has 1 saturated heterocycles. The zero-order valence-electron chi connectivity index (χ0n) is 16.4. The number of hydrogen-bond acceptors (Lipinski definition) is 5. The summed E-state index contributed by atoms with van der Waals surface area (Å²) in [5.74, 6) is -0.468. The number of nitrogens with zero attached hydrogens (tertiary/aromatic N) is 2. The number of carbonyl (C=O) groups excluding carboxylic acids is 3. The number of benzene rings is 1. The molecular weight excluding hydrogens is 378 g/mol. The molecule has 1 N–H and O–H groups in total. The Morgan fingerprint density at radius 1 is 1.21 bits per heavy atom. The molecule has 28 heavy (non-hydrogen) atoms. The number of thiophene rings is 1. The van der Waals surface area contributed by atoms with E-state index in [1.807, 2.05) is 18.2 Å². The zero-order valence-corrected chi connectivity index (χ0v) is 17.2. The van der Waals surface area contributed by atoms with E-state index in [1.165, 1.54) is 11.3 Å². The van der Waals surface area contributed by atoms with Crippen molar-refractivity contribution in [3.8, 4) is 0 Å². The summed E-state index contributed by atoms with van der Waals surface area (Å²) in [5, 5.41) is 3.87. The van der Waals surface area contributed by atoms with Crippen LogP contribution in [-0.2, 0) is 9.53 Å². The minimum Gasteiger partial charge on any atom is -0.462 e. The van der Waals surface area contributed by atoms with Gasteiger partial charge in [0.15, 0.2) is 0 Å². The van der Waals surface area contributed by atoms with Gasteiger partial charge in [-0.3, -0.25) is 4.79 Å². The lowest BCUT2D eigenvalue weighted by atomic mass is 9.96. The van der Waals surface area contributed by atoms with Crippen molar-refractivity contribution < 1.29 is 19.1 Å². The third-order valence-corrected chi connectivity index (χ3v) is 5.88. The molecule has 0 aliphatic carbocycles. The van der Waals surface area contributed by atoms with E-state index in [0.717, 1.165) is 10.1 Å². The molecule has 1 aromatic heterocycles. The molecule has 0 saturated carbocycles. The molecule has 1 aliphatic rings. The van der Waals surface area contributed by atoms with Gasteiger partial charge in [-0.1, -0.05) is 0 Å². The van der Waals surface area contributed by atoms with Gasteiger partial charge in [0.05, 0.1) is 6.61 Å². The summed E-state index contributed by atoms with van der Waals surface area (Å²) in [6.45, 7) is 3.29. The van der Waals surface area contributed by atoms with Crippen molar-refractivity contribution >= 4 is 45.0 Å². The molecule has 1 aromatic carbocycles. The van der Waals surface area contributed by atoms with Crippen LogP contribution in [0.3, 0.4) is 0 Å². The normalized spacial score (nSPS) is 14.8. The summed E-state index contributed by atoms with van der Waals surface area (Å²) >= 11 is 1.38. The maximum atomic E-state index is 12.6. The van der Waals surface area contributed by atoms with E-state index < -0.39 is 0 Å². The van der Waals surface area contributed by atoms with Crippen molar-refractivity contribution in [3.63, 3.8) is 0 Å². The van der Waals surface area contributed by atoms with E-state index in [-0.39, 0.29) is 23.8 Å². The first-order chi connectivity index (χ1) is 13.4. The minimum absolute atomic E-state index is 0.0147. The Morgan fingerprint density at radius 2 is 1.93 bits per heavy atom. The Hall–Kier alpha value is -2.61. The van der Waals surface area contributed by atoms with Gasteiger partial charge < -0.3 is 19.9 Å². The highest BCUT2D eigenvalue weighted by Crippen LogP contribution is 2.29. The second-order valence-corrected chi connectivity index (χ2v) is 8.10. The molecule has 3 rings (SSSR count). The molecule has 2 aromatic rings. The smallest absolute Gasteiger partial charge is 0.348 e. The highest BCUT2D eigenvalue weighted by molar-refractivity contribution is 7.20. The Bertz CT molecular complexity index is 885. The van der Waals surface area contributed by atoms with E-state index in [4.69, 9.17) is 4.74 Å². The van der Waals surface area contributed by atoms with Crippen LogP contribution in [0.5, 0.6) is 0 Å². The number of hydrogen-bond donors (Lipinski definition) is 1. The van der Waals surface area contributed by atoms with Gasteiger partial charge in [0.25, 0.3) is 0 Å². The van der Waals surface area contributed by atoms with Crippen molar-refractivity contribution in [1.82, 2.24) is 9.80 Å². The molecular formula is C20H25N3O4S. The predicted octanol–water partition coefficient (Wildman–Crippen LogP) is 3.41. The van der Waals surface area contributed by atoms with Crippen molar-refractivity contribution in [2.45, 2.75) is 19.8 Å². The molecule has 8 heteroatoms. The minimum atomic E-state index is -0.326. The summed E-state index contributed by atoms with van der Waals surface area (Å²) in [6, 6.07) is 7.39. The van der Waals surface area contributed by atoms with E-state index in [2.05, 4.69) is 5.32 Å². The second-order valence-electron chi connectivity index (χ2n) is 7.01. The van der Waals surface area contributed by atoms with E-state index in [1.54, 1.807) is 36.9 Å². The predicted molar refractivity (Wildman–Crippen MR) is 110 cm³/mol. The molecule has 0 bridgehead atoms. The Morgan fingerprint density at radius 3 is 2.57 bits per heavy atom. The Balaban J connectivity index is 1.62.